The third-order valence-electron chi connectivity index (χ3n) is 21.2. The molecule has 0 unspecified atom stereocenters. The van der Waals surface area contributed by atoms with Crippen molar-refractivity contribution < 1.29 is 28.6 Å². The standard InChI is InChI=1S/C89H174O6/c1-5-8-11-14-17-20-23-26-29-32-35-38-41-44-47-50-53-56-59-62-65-68-71-74-77-80-86(90)93-83-89(4,84-94-87(91)81-78-75-72-69-66-63-60-57-54-51-48-45-42-39-36-33-30-27-24-21-18-15-12-9-6-2)85-95-88(92)82-79-76-73-70-67-64-61-58-55-52-49-46-43-40-37-34-31-28-25-22-19-16-13-10-7-3/h5-85H2,1-4H3. The molecular weight excluding hydrogens is 1160 g/mol. The fraction of sp³-hybridized carbons (Fsp3) is 0.966. The largest absolute Gasteiger partial charge is 0.465 e. The van der Waals surface area contributed by atoms with Gasteiger partial charge in [0.1, 0.15) is 19.8 Å². The van der Waals surface area contributed by atoms with Gasteiger partial charge in [-0.2, -0.15) is 0 Å². The quantitative estimate of drug-likeness (QED) is 0.0343. The average Bonchev–Trinajstić information content (AvgIpc) is 3.08. The Morgan fingerprint density at radius 2 is 0.263 bits per heavy atom. The van der Waals surface area contributed by atoms with Crippen molar-refractivity contribution in [3.8, 4) is 0 Å². The molecule has 0 amide bonds. The zero-order chi connectivity index (χ0) is 68.6. The average molecular weight is 1340 g/mol. The third kappa shape index (κ3) is 79.6. The molecule has 0 saturated carbocycles. The van der Waals surface area contributed by atoms with Crippen LogP contribution in [0.2, 0.25) is 0 Å². The van der Waals surface area contributed by atoms with Crippen molar-refractivity contribution in [1.29, 1.82) is 0 Å². The molecule has 0 aromatic rings. The molecule has 6 heteroatoms. The predicted molar refractivity (Wildman–Crippen MR) is 418 cm³/mol. The van der Waals surface area contributed by atoms with E-state index in [2.05, 4.69) is 20.8 Å². The highest BCUT2D eigenvalue weighted by molar-refractivity contribution is 5.70. The Morgan fingerprint density at radius 1 is 0.168 bits per heavy atom. The van der Waals surface area contributed by atoms with E-state index in [1.807, 2.05) is 6.92 Å². The number of unbranched alkanes of at least 4 members (excludes halogenated alkanes) is 72. The molecule has 0 N–H and O–H groups in total. The van der Waals surface area contributed by atoms with E-state index in [1.165, 1.54) is 424 Å². The molecule has 6 nitrogen and oxygen atoms in total. The Hall–Kier alpha value is -1.59. The molecule has 0 rings (SSSR count). The minimum Gasteiger partial charge on any atom is -0.465 e. The number of carbonyl (C=O) groups excluding carboxylic acids is 3. The molecular formula is C89H174O6. The molecule has 0 aliphatic carbocycles. The van der Waals surface area contributed by atoms with Gasteiger partial charge < -0.3 is 14.2 Å². The monoisotopic (exact) mass is 1340 g/mol. The summed E-state index contributed by atoms with van der Waals surface area (Å²) in [5.41, 5.74) is -0.787. The summed E-state index contributed by atoms with van der Waals surface area (Å²) in [7, 11) is 0. The van der Waals surface area contributed by atoms with Gasteiger partial charge in [-0.05, 0) is 26.2 Å². The molecule has 0 radical (unpaired) electrons. The maximum Gasteiger partial charge on any atom is 0.305 e. The molecule has 0 atom stereocenters. The molecule has 95 heavy (non-hydrogen) atoms. The van der Waals surface area contributed by atoms with Crippen molar-refractivity contribution in [2.45, 2.75) is 529 Å². The van der Waals surface area contributed by atoms with E-state index in [-0.39, 0.29) is 37.7 Å². The topological polar surface area (TPSA) is 78.9 Å². The Kier molecular flexibility index (Phi) is 80.0. The van der Waals surface area contributed by atoms with Gasteiger partial charge in [0.25, 0.3) is 0 Å². The second-order valence-electron chi connectivity index (χ2n) is 31.5. The van der Waals surface area contributed by atoms with E-state index >= 15 is 0 Å². The van der Waals surface area contributed by atoms with Crippen molar-refractivity contribution in [1.82, 2.24) is 0 Å². The van der Waals surface area contributed by atoms with Crippen molar-refractivity contribution >= 4 is 17.9 Å². The van der Waals surface area contributed by atoms with Crippen LogP contribution in [0, 0.1) is 5.41 Å². The molecule has 0 fully saturated rings. The number of hydrogen-bond acceptors (Lipinski definition) is 6. The van der Waals surface area contributed by atoms with E-state index in [1.54, 1.807) is 0 Å². The van der Waals surface area contributed by atoms with Gasteiger partial charge in [-0.15, -0.1) is 0 Å². The number of carbonyl (C=O) groups is 3. The van der Waals surface area contributed by atoms with Crippen molar-refractivity contribution in [2.24, 2.45) is 5.41 Å². The summed E-state index contributed by atoms with van der Waals surface area (Å²) in [4.78, 5) is 39.1. The third-order valence-corrected chi connectivity index (χ3v) is 21.2. The molecule has 566 valence electrons. The number of esters is 3. The lowest BCUT2D eigenvalue weighted by molar-refractivity contribution is -0.160. The molecule has 0 aromatic carbocycles. The summed E-state index contributed by atoms with van der Waals surface area (Å²) < 4.78 is 17.5. The Balaban J connectivity index is 4.33. The van der Waals surface area contributed by atoms with Gasteiger partial charge in [0.2, 0.25) is 0 Å². The number of ether oxygens (including phenoxy) is 3. The second kappa shape index (κ2) is 81.4. The maximum absolute atomic E-state index is 13.0. The first kappa shape index (κ1) is 93.4. The van der Waals surface area contributed by atoms with E-state index in [0.717, 1.165) is 57.8 Å². The fourth-order valence-corrected chi connectivity index (χ4v) is 14.3. The zero-order valence-electron chi connectivity index (χ0n) is 65.7. The summed E-state index contributed by atoms with van der Waals surface area (Å²) >= 11 is 0. The molecule has 0 aliphatic heterocycles. The van der Waals surface area contributed by atoms with Gasteiger partial charge >= 0.3 is 17.9 Å². The van der Waals surface area contributed by atoms with Crippen LogP contribution in [0.25, 0.3) is 0 Å². The lowest BCUT2D eigenvalue weighted by Gasteiger charge is -2.28. The molecule has 0 saturated heterocycles. The van der Waals surface area contributed by atoms with Gasteiger partial charge in [0, 0.05) is 19.3 Å². The molecule has 0 spiro atoms. The highest BCUT2D eigenvalue weighted by Crippen LogP contribution is 2.24. The number of hydrogen-bond donors (Lipinski definition) is 0. The van der Waals surface area contributed by atoms with E-state index in [4.69, 9.17) is 14.2 Å². The van der Waals surface area contributed by atoms with Crippen LogP contribution >= 0.6 is 0 Å². The van der Waals surface area contributed by atoms with Crippen molar-refractivity contribution in [2.75, 3.05) is 19.8 Å². The SMILES string of the molecule is CCCCCCCCCCCCCCCCCCCCCCCCCCCC(=O)OCC(C)(COC(=O)CCCCCCCCCCCCCCCCCCCCCCCCCCC)COC(=O)CCCCCCCCCCCCCCCCCCCCCCCCCCC. The Morgan fingerprint density at radius 3 is 0.368 bits per heavy atom. The summed E-state index contributed by atoms with van der Waals surface area (Å²) in [6.07, 6.45) is 103. The van der Waals surface area contributed by atoms with Gasteiger partial charge in [0.05, 0.1) is 5.41 Å². The Labute approximate surface area is 597 Å². The summed E-state index contributed by atoms with van der Waals surface area (Å²) in [5, 5.41) is 0. The van der Waals surface area contributed by atoms with E-state index in [0.29, 0.717) is 19.3 Å². The zero-order valence-corrected chi connectivity index (χ0v) is 65.7. The summed E-state index contributed by atoms with van der Waals surface area (Å²) in [6.45, 7) is 9.05. The van der Waals surface area contributed by atoms with E-state index < -0.39 is 5.41 Å². The van der Waals surface area contributed by atoms with Crippen LogP contribution in [0.3, 0.4) is 0 Å². The van der Waals surface area contributed by atoms with Crippen molar-refractivity contribution in [3.05, 3.63) is 0 Å². The molecule has 0 heterocycles. The summed E-state index contributed by atoms with van der Waals surface area (Å²) in [5.74, 6) is -0.642. The van der Waals surface area contributed by atoms with Crippen LogP contribution in [0.4, 0.5) is 0 Å². The molecule has 0 bridgehead atoms. The van der Waals surface area contributed by atoms with Gasteiger partial charge in [-0.3, -0.25) is 14.4 Å². The van der Waals surface area contributed by atoms with Crippen molar-refractivity contribution in [3.63, 3.8) is 0 Å². The molecule has 0 aliphatic rings. The highest BCUT2D eigenvalue weighted by atomic mass is 16.6. The molecule has 0 aromatic heterocycles. The minimum absolute atomic E-state index is 0.0743. The van der Waals surface area contributed by atoms with E-state index in [9.17, 15) is 14.4 Å². The predicted octanol–water partition coefficient (Wildman–Crippen LogP) is 31.1. The van der Waals surface area contributed by atoms with Gasteiger partial charge in [-0.25, -0.2) is 0 Å². The Bertz CT molecular complexity index is 1310. The van der Waals surface area contributed by atoms with Gasteiger partial charge in [-0.1, -0.05) is 483 Å². The first-order valence-corrected chi connectivity index (χ1v) is 44.3. The smallest absolute Gasteiger partial charge is 0.305 e. The normalized spacial score (nSPS) is 11.7. The minimum atomic E-state index is -0.787. The van der Waals surface area contributed by atoms with Crippen LogP contribution < -0.4 is 0 Å². The van der Waals surface area contributed by atoms with Gasteiger partial charge in [0.15, 0.2) is 0 Å². The fourth-order valence-electron chi connectivity index (χ4n) is 14.3. The lowest BCUT2D eigenvalue weighted by Crippen LogP contribution is -2.37. The maximum atomic E-state index is 13.0. The van der Waals surface area contributed by atoms with Crippen LogP contribution in [0.5, 0.6) is 0 Å². The first-order chi connectivity index (χ1) is 46.9. The van der Waals surface area contributed by atoms with Crippen LogP contribution in [-0.2, 0) is 28.6 Å². The number of rotatable bonds is 84. The van der Waals surface area contributed by atoms with Crippen LogP contribution in [-0.4, -0.2) is 37.7 Å². The highest BCUT2D eigenvalue weighted by Gasteiger charge is 2.31. The van der Waals surface area contributed by atoms with Crippen LogP contribution in [0.1, 0.15) is 529 Å². The summed E-state index contributed by atoms with van der Waals surface area (Å²) in [6, 6.07) is 0. The lowest BCUT2D eigenvalue weighted by atomic mass is 9.94. The first-order valence-electron chi connectivity index (χ1n) is 44.3. The second-order valence-corrected chi connectivity index (χ2v) is 31.5. The van der Waals surface area contributed by atoms with Crippen LogP contribution in [0.15, 0.2) is 0 Å².